The van der Waals surface area contributed by atoms with E-state index in [9.17, 15) is 9.59 Å². The van der Waals surface area contributed by atoms with Gasteiger partial charge in [-0.3, -0.25) is 19.2 Å². The molecule has 0 bridgehead atoms. The molecule has 8 nitrogen and oxygen atoms in total. The van der Waals surface area contributed by atoms with Crippen molar-refractivity contribution in [2.45, 2.75) is 32.9 Å². The Morgan fingerprint density at radius 3 is 2.75 bits per heavy atom. The minimum Gasteiger partial charge on any atom is -0.334 e. The number of benzene rings is 1. The molecular formula is C24H32N6O2. The zero-order valence-electron chi connectivity index (χ0n) is 18.5. The van der Waals surface area contributed by atoms with Crippen molar-refractivity contribution in [1.29, 1.82) is 0 Å². The van der Waals surface area contributed by atoms with Crippen LogP contribution in [0.25, 0.3) is 0 Å². The Morgan fingerprint density at radius 1 is 1.19 bits per heavy atom. The van der Waals surface area contributed by atoms with Gasteiger partial charge in [0.1, 0.15) is 5.82 Å². The first-order valence-electron chi connectivity index (χ1n) is 10.8. The summed E-state index contributed by atoms with van der Waals surface area (Å²) in [6.45, 7) is 4.72. The van der Waals surface area contributed by atoms with Crippen LogP contribution in [0.4, 0.5) is 10.5 Å². The first kappa shape index (κ1) is 21.7. The molecule has 1 aliphatic heterocycles. The van der Waals surface area contributed by atoms with Crippen LogP contribution >= 0.6 is 0 Å². The number of anilines is 1. The lowest BCUT2D eigenvalue weighted by Gasteiger charge is -2.28. The number of nitrogens with one attached hydrogen (secondary N) is 2. The second kappa shape index (κ2) is 9.74. The van der Waals surface area contributed by atoms with Gasteiger partial charge in [0.05, 0.1) is 11.3 Å². The minimum absolute atomic E-state index is 0. The first-order chi connectivity index (χ1) is 15.5. The molecule has 32 heavy (non-hydrogen) atoms. The van der Waals surface area contributed by atoms with Crippen molar-refractivity contribution in [2.75, 3.05) is 18.4 Å². The van der Waals surface area contributed by atoms with Gasteiger partial charge in [-0.15, -0.1) is 0 Å². The summed E-state index contributed by atoms with van der Waals surface area (Å²) < 4.78 is 1.63. The maximum absolute atomic E-state index is 12.6. The van der Waals surface area contributed by atoms with Gasteiger partial charge in [-0.1, -0.05) is 18.2 Å². The Labute approximate surface area is 190 Å². The maximum Gasteiger partial charge on any atom is 0.319 e. The van der Waals surface area contributed by atoms with Gasteiger partial charge in [0.25, 0.3) is 5.56 Å². The van der Waals surface area contributed by atoms with E-state index in [-0.39, 0.29) is 14.4 Å². The van der Waals surface area contributed by atoms with Crippen LogP contribution in [0.15, 0.2) is 53.6 Å². The molecule has 0 spiro atoms. The molecule has 1 aliphatic rings. The highest BCUT2D eigenvalue weighted by atomic mass is 16.2. The van der Waals surface area contributed by atoms with Gasteiger partial charge in [-0.2, -0.15) is 0 Å². The standard InChI is InChI=1S/C24H28N6O2.2H2/c1-17-27-22-10-13-30(16-21(22)23(31)29(17)2)12-9-18-5-7-20(8-6-18)28-24(32)26-15-19-4-3-11-25-14-19;;/h3-8,11,14H,9-10,12-13,15-16H2,1-2H3,(H2,26,28,32);2*1H. The second-order valence-corrected chi connectivity index (χ2v) is 8.09. The molecule has 0 unspecified atom stereocenters. The summed E-state index contributed by atoms with van der Waals surface area (Å²) in [5.74, 6) is 0.765. The number of aryl methyl sites for hydroxylation is 1. The smallest absolute Gasteiger partial charge is 0.319 e. The van der Waals surface area contributed by atoms with Crippen LogP contribution in [0, 0.1) is 6.92 Å². The van der Waals surface area contributed by atoms with E-state index in [2.05, 4.69) is 25.5 Å². The molecule has 2 N–H and O–H groups in total. The molecule has 0 aliphatic carbocycles. The zero-order chi connectivity index (χ0) is 22.5. The van der Waals surface area contributed by atoms with E-state index < -0.39 is 0 Å². The summed E-state index contributed by atoms with van der Waals surface area (Å²) in [7, 11) is 1.78. The minimum atomic E-state index is -0.251. The van der Waals surface area contributed by atoms with Crippen LogP contribution < -0.4 is 16.2 Å². The second-order valence-electron chi connectivity index (χ2n) is 8.09. The number of aromatic nitrogens is 3. The van der Waals surface area contributed by atoms with Gasteiger partial charge in [-0.25, -0.2) is 9.78 Å². The Balaban J connectivity index is 0.00000204. The largest absolute Gasteiger partial charge is 0.334 e. The van der Waals surface area contributed by atoms with E-state index in [1.54, 1.807) is 24.0 Å². The summed E-state index contributed by atoms with van der Waals surface area (Å²) >= 11 is 0. The van der Waals surface area contributed by atoms with E-state index >= 15 is 0 Å². The molecule has 2 aromatic heterocycles. The molecule has 3 aromatic rings. The number of urea groups is 1. The highest BCUT2D eigenvalue weighted by Crippen LogP contribution is 2.16. The topological polar surface area (TPSA) is 92.2 Å². The lowest BCUT2D eigenvalue weighted by atomic mass is 10.1. The fourth-order valence-corrected chi connectivity index (χ4v) is 3.84. The number of pyridine rings is 1. The van der Waals surface area contributed by atoms with Crippen molar-refractivity contribution in [2.24, 2.45) is 7.05 Å². The summed E-state index contributed by atoms with van der Waals surface area (Å²) in [6, 6.07) is 11.4. The van der Waals surface area contributed by atoms with E-state index in [1.807, 2.05) is 43.3 Å². The van der Waals surface area contributed by atoms with Crippen LogP contribution in [-0.2, 0) is 33.0 Å². The summed E-state index contributed by atoms with van der Waals surface area (Å²) in [5, 5.41) is 5.67. The fraction of sp³-hybridized carbons (Fsp3) is 0.333. The average Bonchev–Trinajstić information content (AvgIpc) is 2.82. The van der Waals surface area contributed by atoms with Crippen molar-refractivity contribution in [3.63, 3.8) is 0 Å². The van der Waals surface area contributed by atoms with Crippen LogP contribution in [0.1, 0.15) is 31.1 Å². The maximum atomic E-state index is 12.6. The number of amides is 2. The van der Waals surface area contributed by atoms with Crippen molar-refractivity contribution < 1.29 is 7.65 Å². The quantitative estimate of drug-likeness (QED) is 0.620. The summed E-state index contributed by atoms with van der Waals surface area (Å²) in [5.41, 5.74) is 4.71. The summed E-state index contributed by atoms with van der Waals surface area (Å²) in [4.78, 5) is 35.6. The molecule has 0 saturated heterocycles. The molecule has 0 saturated carbocycles. The fourth-order valence-electron chi connectivity index (χ4n) is 3.84. The summed E-state index contributed by atoms with van der Waals surface area (Å²) in [6.07, 6.45) is 5.12. The number of hydrogen-bond donors (Lipinski definition) is 2. The third-order valence-electron chi connectivity index (χ3n) is 5.84. The van der Waals surface area contributed by atoms with Gasteiger partial charge < -0.3 is 10.6 Å². The normalized spacial score (nSPS) is 13.4. The van der Waals surface area contributed by atoms with Crippen molar-refractivity contribution >= 4 is 11.7 Å². The molecule has 0 radical (unpaired) electrons. The van der Waals surface area contributed by atoms with Crippen molar-refractivity contribution in [3.05, 3.63) is 87.4 Å². The van der Waals surface area contributed by atoms with E-state index in [1.165, 1.54) is 5.56 Å². The van der Waals surface area contributed by atoms with Gasteiger partial charge in [-0.05, 0) is 42.7 Å². The van der Waals surface area contributed by atoms with Crippen LogP contribution in [-0.4, -0.2) is 38.6 Å². The number of hydrogen-bond acceptors (Lipinski definition) is 5. The average molecular weight is 437 g/mol. The van der Waals surface area contributed by atoms with Gasteiger partial charge in [0.2, 0.25) is 0 Å². The molecule has 170 valence electrons. The Bertz CT molecular complexity index is 1150. The third-order valence-corrected chi connectivity index (χ3v) is 5.84. The number of rotatable bonds is 6. The third kappa shape index (κ3) is 5.20. The molecule has 3 heterocycles. The molecule has 2 amide bonds. The monoisotopic (exact) mass is 436 g/mol. The first-order valence-corrected chi connectivity index (χ1v) is 10.8. The Morgan fingerprint density at radius 2 is 2.00 bits per heavy atom. The number of carbonyl (C=O) groups is 1. The lowest BCUT2D eigenvalue weighted by molar-refractivity contribution is 0.251. The van der Waals surface area contributed by atoms with Gasteiger partial charge in [0.15, 0.2) is 0 Å². The van der Waals surface area contributed by atoms with Crippen LogP contribution in [0.5, 0.6) is 0 Å². The van der Waals surface area contributed by atoms with Crippen molar-refractivity contribution in [1.82, 2.24) is 24.8 Å². The molecule has 0 fully saturated rings. The number of fused-ring (bicyclic) bond motifs is 1. The number of carbonyl (C=O) groups excluding carboxylic acids is 1. The lowest BCUT2D eigenvalue weighted by Crippen LogP contribution is -2.39. The van der Waals surface area contributed by atoms with Crippen LogP contribution in [0.3, 0.4) is 0 Å². The van der Waals surface area contributed by atoms with Crippen LogP contribution in [0.2, 0.25) is 0 Å². The van der Waals surface area contributed by atoms with E-state index in [4.69, 9.17) is 0 Å². The Hall–Kier alpha value is -3.52. The Kier molecular flexibility index (Phi) is 6.61. The van der Waals surface area contributed by atoms with E-state index in [0.717, 1.165) is 54.3 Å². The van der Waals surface area contributed by atoms with Crippen molar-refractivity contribution in [3.8, 4) is 0 Å². The molecular weight excluding hydrogens is 404 g/mol. The SMILES string of the molecule is Cc1nc2c(c(=O)n1C)CN(CCc1ccc(NC(=O)NCc3cccnc3)cc1)CC2.[HH].[HH]. The van der Waals surface area contributed by atoms with E-state index in [0.29, 0.717) is 13.1 Å². The molecule has 1 aromatic carbocycles. The predicted molar refractivity (Wildman–Crippen MR) is 128 cm³/mol. The number of nitrogens with zero attached hydrogens (tertiary/aromatic N) is 4. The predicted octanol–water partition coefficient (Wildman–Crippen LogP) is 2.90. The highest BCUT2D eigenvalue weighted by Gasteiger charge is 2.21. The molecule has 8 heteroatoms. The van der Waals surface area contributed by atoms with Gasteiger partial charge >= 0.3 is 6.03 Å². The highest BCUT2D eigenvalue weighted by molar-refractivity contribution is 5.89. The molecule has 0 atom stereocenters. The molecule has 4 rings (SSSR count). The van der Waals surface area contributed by atoms with Gasteiger partial charge in [0, 0.05) is 60.6 Å². The zero-order valence-corrected chi connectivity index (χ0v) is 18.5.